The Kier molecular flexibility index (Phi) is 4.71. The molecule has 0 radical (unpaired) electrons. The molecule has 2 N–H and O–H groups in total. The number of aliphatic hydroxyl groups excluding tert-OH is 1. The molecule has 8 nitrogen and oxygen atoms in total. The van der Waals surface area contributed by atoms with Gasteiger partial charge in [-0.1, -0.05) is 0 Å². The maximum atomic E-state index is 12.9. The number of carbonyl (C=O) groups is 2. The van der Waals surface area contributed by atoms with Crippen molar-refractivity contribution in [3.8, 4) is 11.5 Å². The van der Waals surface area contributed by atoms with Crippen molar-refractivity contribution in [2.24, 2.45) is 0 Å². The first-order valence-corrected chi connectivity index (χ1v) is 8.22. The lowest BCUT2D eigenvalue weighted by Gasteiger charge is -2.31. The third-order valence-electron chi connectivity index (χ3n) is 4.77. The summed E-state index contributed by atoms with van der Waals surface area (Å²) >= 11 is 0. The summed E-state index contributed by atoms with van der Waals surface area (Å²) in [5.74, 6) is -0.400. The van der Waals surface area contributed by atoms with Crippen LogP contribution in [0.2, 0.25) is 0 Å². The summed E-state index contributed by atoms with van der Waals surface area (Å²) in [6.07, 6.45) is 0.662. The van der Waals surface area contributed by atoms with E-state index in [2.05, 4.69) is 0 Å². The summed E-state index contributed by atoms with van der Waals surface area (Å²) in [6.45, 7) is 0.604. The quantitative estimate of drug-likeness (QED) is 0.814. The number of hydrogen-bond donors (Lipinski definition) is 2. The SMILES string of the molecule is COc1cc2c(cc1OCCC(=O)O)N(C)C(O)C1CCCN1C2=O. The fourth-order valence-electron chi connectivity index (χ4n) is 3.44. The van der Waals surface area contributed by atoms with Gasteiger partial charge in [-0.15, -0.1) is 0 Å². The van der Waals surface area contributed by atoms with Gasteiger partial charge < -0.3 is 29.5 Å². The number of rotatable bonds is 5. The third kappa shape index (κ3) is 3.09. The molecule has 0 saturated carbocycles. The number of methoxy groups -OCH3 is 1. The van der Waals surface area contributed by atoms with Gasteiger partial charge in [0.2, 0.25) is 0 Å². The largest absolute Gasteiger partial charge is 0.493 e. The standard InChI is InChI=1S/C17H22N2O6/c1-18-12-9-14(25-7-5-15(20)21)13(24-2)8-10(12)16(22)19-6-3-4-11(19)17(18)23/h8-9,11,17,23H,3-7H2,1-2H3,(H,20,21). The third-order valence-corrected chi connectivity index (χ3v) is 4.77. The zero-order valence-electron chi connectivity index (χ0n) is 14.3. The monoisotopic (exact) mass is 350 g/mol. The first kappa shape index (κ1) is 17.3. The Bertz CT molecular complexity index is 692. The number of carboxylic acids is 1. The Balaban J connectivity index is 1.99. The van der Waals surface area contributed by atoms with Crippen molar-refractivity contribution in [1.29, 1.82) is 0 Å². The van der Waals surface area contributed by atoms with Gasteiger partial charge in [0, 0.05) is 19.7 Å². The molecule has 2 atom stereocenters. The molecule has 1 aromatic rings. The van der Waals surface area contributed by atoms with Crippen molar-refractivity contribution in [2.75, 3.05) is 32.2 Å². The predicted octanol–water partition coefficient (Wildman–Crippen LogP) is 0.921. The minimum Gasteiger partial charge on any atom is -0.493 e. The molecule has 2 aliphatic heterocycles. The first-order chi connectivity index (χ1) is 11.9. The van der Waals surface area contributed by atoms with Crippen LogP contribution in [0.3, 0.4) is 0 Å². The van der Waals surface area contributed by atoms with Crippen LogP contribution >= 0.6 is 0 Å². The van der Waals surface area contributed by atoms with Gasteiger partial charge in [-0.25, -0.2) is 0 Å². The van der Waals surface area contributed by atoms with Crippen LogP contribution in [0.1, 0.15) is 29.6 Å². The number of aliphatic hydroxyl groups is 1. The second-order valence-electron chi connectivity index (χ2n) is 6.25. The number of benzene rings is 1. The molecule has 0 aliphatic carbocycles. The second-order valence-corrected chi connectivity index (χ2v) is 6.25. The predicted molar refractivity (Wildman–Crippen MR) is 89.2 cm³/mol. The molecule has 3 rings (SSSR count). The number of anilines is 1. The van der Waals surface area contributed by atoms with E-state index in [1.54, 1.807) is 29.0 Å². The van der Waals surface area contributed by atoms with E-state index in [4.69, 9.17) is 14.6 Å². The molecule has 1 amide bonds. The number of nitrogens with zero attached hydrogens (tertiary/aromatic N) is 2. The highest BCUT2D eigenvalue weighted by Gasteiger charge is 2.41. The average molecular weight is 350 g/mol. The lowest BCUT2D eigenvalue weighted by atomic mass is 10.1. The number of ether oxygens (including phenoxy) is 2. The molecular weight excluding hydrogens is 328 g/mol. The Labute approximate surface area is 145 Å². The smallest absolute Gasteiger partial charge is 0.306 e. The molecule has 2 aliphatic rings. The molecular formula is C17H22N2O6. The molecule has 1 aromatic carbocycles. The zero-order chi connectivity index (χ0) is 18.1. The Morgan fingerprint density at radius 3 is 2.80 bits per heavy atom. The van der Waals surface area contributed by atoms with Gasteiger partial charge in [0.1, 0.15) is 6.23 Å². The van der Waals surface area contributed by atoms with Crippen molar-refractivity contribution in [3.63, 3.8) is 0 Å². The van der Waals surface area contributed by atoms with Gasteiger partial charge in [-0.3, -0.25) is 9.59 Å². The molecule has 8 heteroatoms. The van der Waals surface area contributed by atoms with E-state index in [0.29, 0.717) is 29.3 Å². The molecule has 0 bridgehead atoms. The van der Waals surface area contributed by atoms with Crippen molar-refractivity contribution in [1.82, 2.24) is 4.90 Å². The van der Waals surface area contributed by atoms with Crippen LogP contribution in [0.15, 0.2) is 12.1 Å². The lowest BCUT2D eigenvalue weighted by molar-refractivity contribution is -0.137. The van der Waals surface area contributed by atoms with Gasteiger partial charge in [-0.05, 0) is 18.9 Å². The Morgan fingerprint density at radius 1 is 1.36 bits per heavy atom. The van der Waals surface area contributed by atoms with Crippen molar-refractivity contribution in [2.45, 2.75) is 31.5 Å². The minimum atomic E-state index is -0.961. The lowest BCUT2D eigenvalue weighted by Crippen LogP contribution is -2.47. The number of fused-ring (bicyclic) bond motifs is 2. The van der Waals surface area contributed by atoms with Gasteiger partial charge in [-0.2, -0.15) is 0 Å². The summed E-state index contributed by atoms with van der Waals surface area (Å²) in [5, 5.41) is 19.4. The first-order valence-electron chi connectivity index (χ1n) is 8.22. The summed E-state index contributed by atoms with van der Waals surface area (Å²) in [4.78, 5) is 26.9. The van der Waals surface area contributed by atoms with Crippen LogP contribution in [-0.4, -0.2) is 66.6 Å². The second kappa shape index (κ2) is 6.79. The molecule has 0 aromatic heterocycles. The molecule has 2 heterocycles. The summed E-state index contributed by atoms with van der Waals surface area (Å²) in [7, 11) is 3.19. The van der Waals surface area contributed by atoms with Gasteiger partial charge in [0.25, 0.3) is 5.91 Å². The number of carboxylic acid groups (broad SMARTS) is 1. The zero-order valence-corrected chi connectivity index (χ0v) is 14.3. The van der Waals surface area contributed by atoms with Gasteiger partial charge in [0.05, 0.1) is 37.4 Å². The summed E-state index contributed by atoms with van der Waals surface area (Å²) in [6, 6.07) is 2.98. The fourth-order valence-corrected chi connectivity index (χ4v) is 3.44. The van der Waals surface area contributed by atoms with Crippen LogP contribution < -0.4 is 14.4 Å². The van der Waals surface area contributed by atoms with Crippen molar-refractivity contribution in [3.05, 3.63) is 17.7 Å². The molecule has 25 heavy (non-hydrogen) atoms. The fraction of sp³-hybridized carbons (Fsp3) is 0.529. The highest BCUT2D eigenvalue weighted by molar-refractivity contribution is 6.02. The van der Waals surface area contributed by atoms with E-state index >= 15 is 0 Å². The molecule has 136 valence electrons. The van der Waals surface area contributed by atoms with Crippen LogP contribution in [-0.2, 0) is 4.79 Å². The minimum absolute atomic E-state index is 0.0144. The van der Waals surface area contributed by atoms with E-state index < -0.39 is 12.2 Å². The normalized spacial score (nSPS) is 22.3. The van der Waals surface area contributed by atoms with E-state index in [1.807, 2.05) is 0 Å². The molecule has 2 unspecified atom stereocenters. The number of aliphatic carboxylic acids is 1. The van der Waals surface area contributed by atoms with Gasteiger partial charge >= 0.3 is 5.97 Å². The number of likely N-dealkylation sites (N-methyl/N-ethyl adjacent to an activating group) is 1. The highest BCUT2D eigenvalue weighted by atomic mass is 16.5. The van der Waals surface area contributed by atoms with Crippen molar-refractivity contribution < 1.29 is 29.3 Å². The summed E-state index contributed by atoms with van der Waals surface area (Å²) < 4.78 is 10.8. The number of hydrogen-bond acceptors (Lipinski definition) is 6. The summed E-state index contributed by atoms with van der Waals surface area (Å²) in [5.41, 5.74) is 0.978. The van der Waals surface area contributed by atoms with E-state index in [-0.39, 0.29) is 25.0 Å². The topological polar surface area (TPSA) is 99.5 Å². The average Bonchev–Trinajstić information content (AvgIpc) is 3.06. The van der Waals surface area contributed by atoms with E-state index in [9.17, 15) is 14.7 Å². The molecule has 1 fully saturated rings. The van der Waals surface area contributed by atoms with E-state index in [1.165, 1.54) is 7.11 Å². The van der Waals surface area contributed by atoms with Crippen LogP contribution in [0.25, 0.3) is 0 Å². The maximum absolute atomic E-state index is 12.9. The number of amides is 1. The van der Waals surface area contributed by atoms with Crippen LogP contribution in [0.4, 0.5) is 5.69 Å². The maximum Gasteiger partial charge on any atom is 0.306 e. The van der Waals surface area contributed by atoms with Crippen LogP contribution in [0.5, 0.6) is 11.5 Å². The van der Waals surface area contributed by atoms with E-state index in [0.717, 1.165) is 12.8 Å². The Morgan fingerprint density at radius 2 is 2.12 bits per heavy atom. The van der Waals surface area contributed by atoms with Crippen molar-refractivity contribution >= 4 is 17.6 Å². The van der Waals surface area contributed by atoms with Gasteiger partial charge in [0.15, 0.2) is 11.5 Å². The Hall–Kier alpha value is -2.48. The molecule has 0 spiro atoms. The number of carbonyl (C=O) groups excluding carboxylic acids is 1. The molecule has 1 saturated heterocycles. The van der Waals surface area contributed by atoms with Crippen LogP contribution in [0, 0.1) is 0 Å². The highest BCUT2D eigenvalue weighted by Crippen LogP contribution is 2.40.